The fourth-order valence-corrected chi connectivity index (χ4v) is 1.80. The van der Waals surface area contributed by atoms with Gasteiger partial charge in [-0.05, 0) is 25.5 Å². The zero-order chi connectivity index (χ0) is 13.8. The SMILES string of the molecule is Cc1cc(NC(=O)CCC2C(=O)NNC2=O)ccn1. The van der Waals surface area contributed by atoms with Crippen LogP contribution in [0.25, 0.3) is 0 Å². The summed E-state index contributed by atoms with van der Waals surface area (Å²) < 4.78 is 0. The first-order valence-corrected chi connectivity index (χ1v) is 5.88. The molecule has 1 saturated heterocycles. The van der Waals surface area contributed by atoms with E-state index in [0.717, 1.165) is 5.69 Å². The van der Waals surface area contributed by atoms with Crippen molar-refractivity contribution in [2.24, 2.45) is 5.92 Å². The van der Waals surface area contributed by atoms with Crippen molar-refractivity contribution < 1.29 is 14.4 Å². The van der Waals surface area contributed by atoms with E-state index in [1.54, 1.807) is 18.3 Å². The number of amides is 3. The molecule has 0 aliphatic carbocycles. The smallest absolute Gasteiger partial charge is 0.251 e. The lowest BCUT2D eigenvalue weighted by Gasteiger charge is -2.06. The van der Waals surface area contributed by atoms with Crippen LogP contribution in [0, 0.1) is 12.8 Å². The monoisotopic (exact) mass is 262 g/mol. The zero-order valence-corrected chi connectivity index (χ0v) is 10.4. The molecule has 3 amide bonds. The van der Waals surface area contributed by atoms with Gasteiger partial charge in [-0.15, -0.1) is 0 Å². The van der Waals surface area contributed by atoms with Crippen molar-refractivity contribution in [3.05, 3.63) is 24.0 Å². The number of nitrogens with zero attached hydrogens (tertiary/aromatic N) is 1. The average molecular weight is 262 g/mol. The number of carbonyl (C=O) groups excluding carboxylic acids is 3. The number of pyridine rings is 1. The second-order valence-electron chi connectivity index (χ2n) is 4.30. The Kier molecular flexibility index (Phi) is 3.74. The van der Waals surface area contributed by atoms with Crippen molar-refractivity contribution in [3.63, 3.8) is 0 Å². The number of hydrazine groups is 1. The molecule has 1 aromatic heterocycles. The van der Waals surface area contributed by atoms with Crippen LogP contribution < -0.4 is 16.2 Å². The Morgan fingerprint density at radius 2 is 2.05 bits per heavy atom. The van der Waals surface area contributed by atoms with E-state index in [2.05, 4.69) is 21.2 Å². The number of nitrogens with one attached hydrogen (secondary N) is 3. The molecule has 19 heavy (non-hydrogen) atoms. The summed E-state index contributed by atoms with van der Waals surface area (Å²) in [6.07, 6.45) is 1.89. The standard InChI is InChI=1S/C12H14N4O3/c1-7-6-8(4-5-13-7)14-10(17)3-2-9-11(18)15-16-12(9)19/h4-6,9H,2-3H2,1H3,(H,15,18)(H,16,19)(H,13,14,17). The lowest BCUT2D eigenvalue weighted by atomic mass is 10.0. The van der Waals surface area contributed by atoms with Gasteiger partial charge in [0.15, 0.2) is 0 Å². The normalized spacial score (nSPS) is 15.0. The molecule has 0 unspecified atom stereocenters. The van der Waals surface area contributed by atoms with Gasteiger partial charge in [0.1, 0.15) is 5.92 Å². The van der Waals surface area contributed by atoms with Crippen molar-refractivity contribution >= 4 is 23.4 Å². The summed E-state index contributed by atoms with van der Waals surface area (Å²) in [5.74, 6) is -1.81. The quantitative estimate of drug-likeness (QED) is 0.659. The van der Waals surface area contributed by atoms with Gasteiger partial charge >= 0.3 is 0 Å². The molecule has 1 fully saturated rings. The molecule has 1 aromatic rings. The molecule has 100 valence electrons. The molecule has 0 aromatic carbocycles. The highest BCUT2D eigenvalue weighted by atomic mass is 16.2. The molecule has 0 radical (unpaired) electrons. The summed E-state index contributed by atoms with van der Waals surface area (Å²) in [5, 5.41) is 2.69. The van der Waals surface area contributed by atoms with Gasteiger partial charge in [-0.25, -0.2) is 0 Å². The molecule has 0 saturated carbocycles. The van der Waals surface area contributed by atoms with Crippen LogP contribution in [0.1, 0.15) is 18.5 Å². The van der Waals surface area contributed by atoms with Gasteiger partial charge in [0.25, 0.3) is 11.8 Å². The van der Waals surface area contributed by atoms with Crippen LogP contribution in [0.5, 0.6) is 0 Å². The van der Waals surface area contributed by atoms with Crippen molar-refractivity contribution in [1.82, 2.24) is 15.8 Å². The maximum atomic E-state index is 11.7. The summed E-state index contributed by atoms with van der Waals surface area (Å²) in [5.41, 5.74) is 5.89. The molecule has 0 bridgehead atoms. The highest BCUT2D eigenvalue weighted by Crippen LogP contribution is 2.12. The van der Waals surface area contributed by atoms with Gasteiger partial charge in [0, 0.05) is 24.0 Å². The molecule has 7 nitrogen and oxygen atoms in total. The van der Waals surface area contributed by atoms with Crippen molar-refractivity contribution in [2.45, 2.75) is 19.8 Å². The second kappa shape index (κ2) is 5.47. The fourth-order valence-electron chi connectivity index (χ4n) is 1.80. The zero-order valence-electron chi connectivity index (χ0n) is 10.4. The number of carbonyl (C=O) groups is 3. The maximum Gasteiger partial charge on any atom is 0.251 e. The average Bonchev–Trinajstić information content (AvgIpc) is 2.67. The molecule has 0 spiro atoms. The molecule has 1 aliphatic heterocycles. The van der Waals surface area contributed by atoms with Crippen molar-refractivity contribution in [2.75, 3.05) is 5.32 Å². The molecular formula is C12H14N4O3. The van der Waals surface area contributed by atoms with Crippen LogP contribution in [-0.2, 0) is 14.4 Å². The van der Waals surface area contributed by atoms with Crippen LogP contribution >= 0.6 is 0 Å². The van der Waals surface area contributed by atoms with Gasteiger partial charge in [-0.1, -0.05) is 0 Å². The molecule has 0 atom stereocenters. The molecule has 1 aliphatic rings. The first-order chi connectivity index (χ1) is 9.06. The summed E-state index contributed by atoms with van der Waals surface area (Å²) in [6, 6.07) is 3.42. The number of aromatic nitrogens is 1. The van der Waals surface area contributed by atoms with Crippen molar-refractivity contribution in [3.8, 4) is 0 Å². The number of aryl methyl sites for hydroxylation is 1. The lowest BCUT2D eigenvalue weighted by molar-refractivity contribution is -0.128. The number of rotatable bonds is 4. The minimum Gasteiger partial charge on any atom is -0.326 e. The predicted octanol–water partition coefficient (Wildman–Crippen LogP) is -0.114. The Morgan fingerprint density at radius 1 is 1.37 bits per heavy atom. The van der Waals surface area contributed by atoms with Gasteiger partial charge in [0.2, 0.25) is 5.91 Å². The van der Waals surface area contributed by atoms with Gasteiger partial charge in [-0.2, -0.15) is 0 Å². The van der Waals surface area contributed by atoms with E-state index in [-0.39, 0.29) is 18.7 Å². The Hall–Kier alpha value is -2.44. The van der Waals surface area contributed by atoms with E-state index in [1.807, 2.05) is 6.92 Å². The van der Waals surface area contributed by atoms with Crippen LogP contribution in [0.4, 0.5) is 5.69 Å². The van der Waals surface area contributed by atoms with Crippen molar-refractivity contribution in [1.29, 1.82) is 0 Å². The Bertz CT molecular complexity index is 513. The van der Waals surface area contributed by atoms with E-state index in [4.69, 9.17) is 0 Å². The van der Waals surface area contributed by atoms with Crippen LogP contribution in [0.15, 0.2) is 18.3 Å². The van der Waals surface area contributed by atoms with Gasteiger partial charge in [0.05, 0.1) is 0 Å². The highest BCUT2D eigenvalue weighted by molar-refractivity contribution is 6.05. The van der Waals surface area contributed by atoms with E-state index < -0.39 is 17.7 Å². The van der Waals surface area contributed by atoms with Crippen LogP contribution in [0.2, 0.25) is 0 Å². The Balaban J connectivity index is 1.85. The third kappa shape index (κ3) is 3.27. The summed E-state index contributed by atoms with van der Waals surface area (Å²) >= 11 is 0. The van der Waals surface area contributed by atoms with Crippen LogP contribution in [-0.4, -0.2) is 22.7 Å². The predicted molar refractivity (Wildman–Crippen MR) is 66.6 cm³/mol. The topological polar surface area (TPSA) is 100 Å². The largest absolute Gasteiger partial charge is 0.326 e. The van der Waals surface area contributed by atoms with Gasteiger partial charge < -0.3 is 5.32 Å². The third-order valence-electron chi connectivity index (χ3n) is 2.78. The number of hydrogen-bond donors (Lipinski definition) is 3. The lowest BCUT2D eigenvalue weighted by Crippen LogP contribution is -2.28. The van der Waals surface area contributed by atoms with Crippen LogP contribution in [0.3, 0.4) is 0 Å². The molecular weight excluding hydrogens is 248 g/mol. The summed E-state index contributed by atoms with van der Waals surface area (Å²) in [4.78, 5) is 38.2. The van der Waals surface area contributed by atoms with E-state index in [0.29, 0.717) is 5.69 Å². The highest BCUT2D eigenvalue weighted by Gasteiger charge is 2.32. The van der Waals surface area contributed by atoms with E-state index in [9.17, 15) is 14.4 Å². The number of hydrogen-bond acceptors (Lipinski definition) is 4. The second-order valence-corrected chi connectivity index (χ2v) is 4.30. The Morgan fingerprint density at radius 3 is 2.68 bits per heavy atom. The molecule has 2 rings (SSSR count). The van der Waals surface area contributed by atoms with Gasteiger partial charge in [-0.3, -0.25) is 30.2 Å². The summed E-state index contributed by atoms with van der Waals surface area (Å²) in [6.45, 7) is 1.82. The summed E-state index contributed by atoms with van der Waals surface area (Å²) in [7, 11) is 0. The molecule has 3 N–H and O–H groups in total. The minimum absolute atomic E-state index is 0.104. The molecule has 2 heterocycles. The first-order valence-electron chi connectivity index (χ1n) is 5.88. The van der Waals surface area contributed by atoms with E-state index in [1.165, 1.54) is 0 Å². The molecule has 7 heteroatoms. The maximum absolute atomic E-state index is 11.7. The Labute approximate surface area is 109 Å². The minimum atomic E-state index is -0.787. The first kappa shape index (κ1) is 13.0. The third-order valence-corrected chi connectivity index (χ3v) is 2.78. The number of anilines is 1. The van der Waals surface area contributed by atoms with E-state index >= 15 is 0 Å². The fraction of sp³-hybridized carbons (Fsp3) is 0.333.